The van der Waals surface area contributed by atoms with Crippen LogP contribution in [0.4, 0.5) is 5.69 Å². The Bertz CT molecular complexity index is 1360. The topological polar surface area (TPSA) is 77.5 Å². The zero-order chi connectivity index (χ0) is 24.3. The van der Waals surface area contributed by atoms with Gasteiger partial charge in [0.05, 0.1) is 40.9 Å². The molecule has 0 fully saturated rings. The number of carbonyl (C=O) groups excluding carboxylic acids is 1. The highest BCUT2D eigenvalue weighted by Crippen LogP contribution is 2.50. The molecule has 0 aliphatic heterocycles. The first kappa shape index (κ1) is 24.9. The molecule has 2 heterocycles. The highest BCUT2D eigenvalue weighted by molar-refractivity contribution is 7.68. The molecule has 1 atom stereocenters. The van der Waals surface area contributed by atoms with Crippen molar-refractivity contribution in [3.63, 3.8) is 0 Å². The maximum Gasteiger partial charge on any atom is 0.350 e. The van der Waals surface area contributed by atoms with Crippen molar-refractivity contribution in [2.24, 2.45) is 0 Å². The lowest BCUT2D eigenvalue weighted by atomic mass is 10.1. The SMILES string of the molecule is CCOP(=O)(Nc1cc(-c2ccc(-c3cscn3)cc2)sc1C(=O)OC)c1ccc(Cl)cc1Cl. The third kappa shape index (κ3) is 5.23. The highest BCUT2D eigenvalue weighted by Gasteiger charge is 2.31. The van der Waals surface area contributed by atoms with Gasteiger partial charge in [0.1, 0.15) is 4.88 Å². The summed E-state index contributed by atoms with van der Waals surface area (Å²) in [5.74, 6) is -0.553. The largest absolute Gasteiger partial charge is 0.465 e. The lowest BCUT2D eigenvalue weighted by Crippen LogP contribution is -2.16. The summed E-state index contributed by atoms with van der Waals surface area (Å²) in [6, 6.07) is 14.2. The fourth-order valence-corrected chi connectivity index (χ4v) is 7.46. The summed E-state index contributed by atoms with van der Waals surface area (Å²) in [5, 5.41) is 5.79. The molecule has 34 heavy (non-hydrogen) atoms. The molecule has 1 unspecified atom stereocenters. The van der Waals surface area contributed by atoms with Gasteiger partial charge in [-0.05, 0) is 36.8 Å². The third-order valence-corrected chi connectivity index (χ3v) is 9.42. The number of thiophene rings is 1. The molecule has 2 aromatic heterocycles. The van der Waals surface area contributed by atoms with Crippen LogP contribution in [0.15, 0.2) is 59.4 Å². The van der Waals surface area contributed by atoms with Crippen molar-refractivity contribution in [2.45, 2.75) is 6.92 Å². The number of thiazole rings is 1. The molecule has 0 saturated carbocycles. The standard InChI is InChI=1S/C23H19Cl2N2O4PS2/c1-3-31-32(29,20-9-8-16(24)10-17(20)25)27-18-11-21(34-22(18)23(28)30-2)15-6-4-14(5-7-15)19-12-33-13-26-19/h4-13H,3H2,1-2H3,(H,27,29). The minimum Gasteiger partial charge on any atom is -0.465 e. The van der Waals surface area contributed by atoms with Gasteiger partial charge in [0.25, 0.3) is 0 Å². The number of carbonyl (C=O) groups is 1. The van der Waals surface area contributed by atoms with Gasteiger partial charge in [-0.2, -0.15) is 0 Å². The molecular formula is C23H19Cl2N2O4PS2. The van der Waals surface area contributed by atoms with Gasteiger partial charge in [-0.15, -0.1) is 22.7 Å². The fraction of sp³-hybridized carbons (Fsp3) is 0.130. The van der Waals surface area contributed by atoms with Crippen LogP contribution in [0.2, 0.25) is 10.0 Å². The van der Waals surface area contributed by atoms with Crippen molar-refractivity contribution in [1.29, 1.82) is 0 Å². The van der Waals surface area contributed by atoms with Crippen LogP contribution in [-0.2, 0) is 13.8 Å². The van der Waals surface area contributed by atoms with E-state index in [1.807, 2.05) is 29.6 Å². The highest BCUT2D eigenvalue weighted by atomic mass is 35.5. The molecule has 176 valence electrons. The number of aromatic nitrogens is 1. The summed E-state index contributed by atoms with van der Waals surface area (Å²) in [6.45, 7) is 1.88. The molecule has 1 N–H and O–H groups in total. The quantitative estimate of drug-likeness (QED) is 0.179. The van der Waals surface area contributed by atoms with Crippen molar-refractivity contribution in [3.8, 4) is 21.7 Å². The number of nitrogens with zero attached hydrogens (tertiary/aromatic N) is 1. The Kier molecular flexibility index (Phi) is 7.77. The number of hydrogen-bond donors (Lipinski definition) is 1. The van der Waals surface area contributed by atoms with Crippen LogP contribution < -0.4 is 10.4 Å². The fourth-order valence-electron chi connectivity index (χ4n) is 3.24. The Balaban J connectivity index is 1.73. The lowest BCUT2D eigenvalue weighted by molar-refractivity contribution is 0.0607. The predicted octanol–water partition coefficient (Wildman–Crippen LogP) is 7.60. The second-order valence-corrected chi connectivity index (χ2v) is 11.7. The molecule has 0 bridgehead atoms. The summed E-state index contributed by atoms with van der Waals surface area (Å²) < 4.78 is 24.5. The molecule has 6 nitrogen and oxygen atoms in total. The van der Waals surface area contributed by atoms with Crippen molar-refractivity contribution in [1.82, 2.24) is 4.98 Å². The number of ether oxygens (including phenoxy) is 1. The average molecular weight is 553 g/mol. The number of hydrogen-bond acceptors (Lipinski definition) is 7. The predicted molar refractivity (Wildman–Crippen MR) is 141 cm³/mol. The Labute approximate surface area is 215 Å². The number of rotatable bonds is 8. The van der Waals surface area contributed by atoms with E-state index in [0.29, 0.717) is 10.7 Å². The Morgan fingerprint density at radius 2 is 1.85 bits per heavy atom. The number of anilines is 1. The van der Waals surface area contributed by atoms with Crippen LogP contribution in [-0.4, -0.2) is 24.7 Å². The first-order chi connectivity index (χ1) is 16.3. The van der Waals surface area contributed by atoms with Gasteiger partial charge in [-0.3, -0.25) is 4.57 Å². The van der Waals surface area contributed by atoms with Crippen LogP contribution in [0.1, 0.15) is 16.6 Å². The zero-order valence-corrected chi connectivity index (χ0v) is 22.1. The molecule has 11 heteroatoms. The van der Waals surface area contributed by atoms with Gasteiger partial charge in [0, 0.05) is 20.8 Å². The first-order valence-electron chi connectivity index (χ1n) is 10.0. The molecule has 0 amide bonds. The van der Waals surface area contributed by atoms with Gasteiger partial charge in [-0.25, -0.2) is 9.78 Å². The van der Waals surface area contributed by atoms with Crippen molar-refractivity contribution in [3.05, 3.63) is 74.3 Å². The molecule has 0 radical (unpaired) electrons. The summed E-state index contributed by atoms with van der Waals surface area (Å²) in [6.07, 6.45) is 0. The maximum absolute atomic E-state index is 13.9. The van der Waals surface area contributed by atoms with E-state index in [0.717, 1.165) is 21.7 Å². The minimum absolute atomic E-state index is 0.159. The number of benzene rings is 2. The Morgan fingerprint density at radius 1 is 1.12 bits per heavy atom. The molecule has 0 aliphatic rings. The molecule has 4 rings (SSSR count). The zero-order valence-electron chi connectivity index (χ0n) is 18.1. The summed E-state index contributed by atoms with van der Waals surface area (Å²) in [5.41, 5.74) is 4.90. The van der Waals surface area contributed by atoms with Gasteiger partial charge < -0.3 is 14.3 Å². The van der Waals surface area contributed by atoms with E-state index in [1.165, 1.54) is 35.8 Å². The van der Waals surface area contributed by atoms with Crippen LogP contribution in [0.25, 0.3) is 21.7 Å². The number of nitrogens with one attached hydrogen (secondary N) is 1. The second kappa shape index (κ2) is 10.6. The summed E-state index contributed by atoms with van der Waals surface area (Å²) >= 11 is 15.1. The van der Waals surface area contributed by atoms with E-state index < -0.39 is 13.5 Å². The van der Waals surface area contributed by atoms with Crippen molar-refractivity contribution < 1.29 is 18.6 Å². The third-order valence-electron chi connectivity index (χ3n) is 4.81. The van der Waals surface area contributed by atoms with Gasteiger partial charge in [0.2, 0.25) is 0 Å². The Hall–Kier alpha value is -2.19. The van der Waals surface area contributed by atoms with Crippen LogP contribution >= 0.6 is 53.4 Å². The van der Waals surface area contributed by atoms with Crippen molar-refractivity contribution in [2.75, 3.05) is 18.8 Å². The van der Waals surface area contributed by atoms with Crippen LogP contribution in [0, 0.1) is 0 Å². The summed E-state index contributed by atoms with van der Waals surface area (Å²) in [7, 11) is -2.40. The van der Waals surface area contributed by atoms with Gasteiger partial charge in [-0.1, -0.05) is 47.5 Å². The van der Waals surface area contributed by atoms with E-state index in [-0.39, 0.29) is 21.8 Å². The van der Waals surface area contributed by atoms with E-state index >= 15 is 0 Å². The monoisotopic (exact) mass is 552 g/mol. The molecular weight excluding hydrogens is 534 g/mol. The maximum atomic E-state index is 13.9. The smallest absolute Gasteiger partial charge is 0.350 e. The number of esters is 1. The second-order valence-electron chi connectivity index (χ2n) is 6.97. The number of halogens is 2. The van der Waals surface area contributed by atoms with Gasteiger partial charge >= 0.3 is 13.5 Å². The lowest BCUT2D eigenvalue weighted by Gasteiger charge is -2.21. The average Bonchev–Trinajstić information content (AvgIpc) is 3.49. The van der Waals surface area contributed by atoms with Crippen LogP contribution in [0.5, 0.6) is 0 Å². The molecule has 0 saturated heterocycles. The van der Waals surface area contributed by atoms with Crippen LogP contribution in [0.3, 0.4) is 0 Å². The van der Waals surface area contributed by atoms with E-state index in [1.54, 1.807) is 30.6 Å². The van der Waals surface area contributed by atoms with Gasteiger partial charge in [0.15, 0.2) is 0 Å². The van der Waals surface area contributed by atoms with E-state index in [4.69, 9.17) is 32.5 Å². The molecule has 0 aliphatic carbocycles. The van der Waals surface area contributed by atoms with E-state index in [2.05, 4.69) is 10.1 Å². The summed E-state index contributed by atoms with van der Waals surface area (Å²) in [4.78, 5) is 17.9. The molecule has 2 aromatic carbocycles. The van der Waals surface area contributed by atoms with E-state index in [9.17, 15) is 9.36 Å². The molecule has 4 aromatic rings. The molecule has 0 spiro atoms. The number of methoxy groups -OCH3 is 1. The minimum atomic E-state index is -3.70. The first-order valence-corrected chi connectivity index (χ1v) is 14.2. The normalized spacial score (nSPS) is 12.8. The van der Waals surface area contributed by atoms with Crippen molar-refractivity contribution >= 4 is 70.4 Å². The Morgan fingerprint density at radius 3 is 2.47 bits per heavy atom.